The highest BCUT2D eigenvalue weighted by Crippen LogP contribution is 2.38. The Labute approximate surface area is 139 Å². The van der Waals surface area contributed by atoms with Crippen LogP contribution in [0.15, 0.2) is 46.9 Å². The van der Waals surface area contributed by atoms with Crippen LogP contribution in [-0.2, 0) is 0 Å². The topological polar surface area (TPSA) is 78.7 Å². The van der Waals surface area contributed by atoms with Crippen LogP contribution in [0.5, 0.6) is 11.5 Å². The van der Waals surface area contributed by atoms with E-state index in [2.05, 4.69) is 15.9 Å². The molecule has 0 radical (unpaired) electrons. The molecule has 1 aliphatic rings. The summed E-state index contributed by atoms with van der Waals surface area (Å²) in [4.78, 5) is 22.8. The van der Waals surface area contributed by atoms with Crippen molar-refractivity contribution in [3.8, 4) is 11.5 Å². The molecule has 0 atom stereocenters. The van der Waals surface area contributed by atoms with Gasteiger partial charge in [-0.1, -0.05) is 15.9 Å². The van der Waals surface area contributed by atoms with E-state index in [4.69, 9.17) is 9.47 Å². The first kappa shape index (κ1) is 15.2. The number of halogens is 1. The van der Waals surface area contributed by atoms with Gasteiger partial charge in [-0.25, -0.2) is 0 Å². The fourth-order valence-electron chi connectivity index (χ4n) is 2.11. The van der Waals surface area contributed by atoms with Crippen molar-refractivity contribution in [3.63, 3.8) is 0 Å². The van der Waals surface area contributed by atoms with Crippen LogP contribution in [0, 0.1) is 10.1 Å². The second-order valence-electron chi connectivity index (χ2n) is 4.73. The van der Waals surface area contributed by atoms with Crippen molar-refractivity contribution in [2.75, 3.05) is 6.79 Å². The van der Waals surface area contributed by atoms with E-state index in [9.17, 15) is 14.9 Å². The molecule has 116 valence electrons. The van der Waals surface area contributed by atoms with Crippen molar-refractivity contribution in [2.45, 2.75) is 0 Å². The van der Waals surface area contributed by atoms with Gasteiger partial charge in [0.1, 0.15) is 0 Å². The monoisotopic (exact) mass is 375 g/mol. The second kappa shape index (κ2) is 6.21. The first-order valence-electron chi connectivity index (χ1n) is 6.60. The molecule has 6 nitrogen and oxygen atoms in total. The van der Waals surface area contributed by atoms with E-state index in [0.717, 1.165) is 4.47 Å². The van der Waals surface area contributed by atoms with E-state index >= 15 is 0 Å². The summed E-state index contributed by atoms with van der Waals surface area (Å²) in [5, 5.41) is 11.2. The molecule has 1 heterocycles. The van der Waals surface area contributed by atoms with Crippen molar-refractivity contribution in [3.05, 3.63) is 68.2 Å². The van der Waals surface area contributed by atoms with Crippen molar-refractivity contribution in [1.82, 2.24) is 0 Å². The first-order chi connectivity index (χ1) is 11.0. The Kier molecular flexibility index (Phi) is 4.12. The van der Waals surface area contributed by atoms with Crippen LogP contribution < -0.4 is 9.47 Å². The van der Waals surface area contributed by atoms with Crippen molar-refractivity contribution in [2.24, 2.45) is 0 Å². The smallest absolute Gasteiger partial charge is 0.280 e. The fourth-order valence-corrected chi connectivity index (χ4v) is 2.38. The van der Waals surface area contributed by atoms with Gasteiger partial charge in [0.2, 0.25) is 6.79 Å². The van der Waals surface area contributed by atoms with Gasteiger partial charge in [0.25, 0.3) is 5.69 Å². The van der Waals surface area contributed by atoms with Crippen molar-refractivity contribution < 1.29 is 19.2 Å². The third-order valence-corrected chi connectivity index (χ3v) is 3.79. The van der Waals surface area contributed by atoms with Gasteiger partial charge in [0.15, 0.2) is 17.3 Å². The number of ether oxygens (including phenoxy) is 2. The average Bonchev–Trinajstić information content (AvgIpc) is 2.99. The van der Waals surface area contributed by atoms with Crippen molar-refractivity contribution in [1.29, 1.82) is 0 Å². The Morgan fingerprint density at radius 2 is 1.83 bits per heavy atom. The van der Waals surface area contributed by atoms with Gasteiger partial charge in [-0.2, -0.15) is 0 Å². The number of carbonyl (C=O) groups excluding carboxylic acids is 1. The number of nitrogens with zero attached hydrogens (tertiary/aromatic N) is 1. The molecule has 3 rings (SSSR count). The minimum atomic E-state index is -0.522. The second-order valence-corrected chi connectivity index (χ2v) is 5.64. The summed E-state index contributed by atoms with van der Waals surface area (Å²) >= 11 is 3.29. The van der Waals surface area contributed by atoms with Gasteiger partial charge >= 0.3 is 0 Å². The SMILES string of the molecule is O=C(/C=C/c1cc2c(cc1[N+](=O)[O-])OCO2)c1ccc(Br)cc1. The number of ketones is 1. The molecular formula is C16H10BrNO5. The molecule has 2 aromatic rings. The van der Waals surface area contributed by atoms with Crippen LogP contribution in [0.1, 0.15) is 15.9 Å². The summed E-state index contributed by atoms with van der Waals surface area (Å²) in [5.74, 6) is 0.504. The van der Waals surface area contributed by atoms with Gasteiger partial charge in [-0.3, -0.25) is 14.9 Å². The quantitative estimate of drug-likeness (QED) is 0.349. The van der Waals surface area contributed by atoms with Crippen LogP contribution in [0.2, 0.25) is 0 Å². The Hall–Kier alpha value is -2.67. The molecule has 1 aliphatic heterocycles. The number of nitro groups is 1. The first-order valence-corrected chi connectivity index (χ1v) is 7.40. The zero-order chi connectivity index (χ0) is 16.4. The molecule has 0 amide bonds. The highest BCUT2D eigenvalue weighted by atomic mass is 79.9. The molecule has 0 spiro atoms. The maximum Gasteiger partial charge on any atom is 0.280 e. The highest BCUT2D eigenvalue weighted by Gasteiger charge is 2.22. The number of benzene rings is 2. The lowest BCUT2D eigenvalue weighted by Gasteiger charge is -2.01. The average molecular weight is 376 g/mol. The largest absolute Gasteiger partial charge is 0.454 e. The molecule has 0 saturated heterocycles. The van der Waals surface area contributed by atoms with Gasteiger partial charge < -0.3 is 9.47 Å². The van der Waals surface area contributed by atoms with Crippen LogP contribution in [0.25, 0.3) is 6.08 Å². The van der Waals surface area contributed by atoms with Crippen LogP contribution in [0.4, 0.5) is 5.69 Å². The number of hydrogen-bond donors (Lipinski definition) is 0. The molecule has 0 N–H and O–H groups in total. The molecule has 7 heteroatoms. The number of fused-ring (bicyclic) bond motifs is 1. The van der Waals surface area contributed by atoms with Crippen LogP contribution in [0.3, 0.4) is 0 Å². The van der Waals surface area contributed by atoms with Crippen molar-refractivity contribution >= 4 is 33.5 Å². The number of hydrogen-bond acceptors (Lipinski definition) is 5. The Morgan fingerprint density at radius 3 is 2.48 bits per heavy atom. The molecule has 0 saturated carbocycles. The molecular weight excluding hydrogens is 366 g/mol. The lowest BCUT2D eigenvalue weighted by molar-refractivity contribution is -0.385. The zero-order valence-corrected chi connectivity index (χ0v) is 13.3. The van der Waals surface area contributed by atoms with E-state index in [1.807, 2.05) is 0 Å². The van der Waals surface area contributed by atoms with Gasteiger partial charge in [-0.05, 0) is 42.5 Å². The zero-order valence-electron chi connectivity index (χ0n) is 11.7. The van der Waals surface area contributed by atoms with Gasteiger partial charge in [0, 0.05) is 10.0 Å². The Bertz CT molecular complexity index is 814. The lowest BCUT2D eigenvalue weighted by Crippen LogP contribution is -1.95. The summed E-state index contributed by atoms with van der Waals surface area (Å²) in [5.41, 5.74) is 0.631. The summed E-state index contributed by atoms with van der Waals surface area (Å²) in [6.45, 7) is 0.0253. The normalized spacial score (nSPS) is 12.6. The summed E-state index contributed by atoms with van der Waals surface area (Å²) in [6, 6.07) is 9.64. The minimum absolute atomic E-state index is 0.0253. The van der Waals surface area contributed by atoms with E-state index in [0.29, 0.717) is 17.1 Å². The fraction of sp³-hybridized carbons (Fsp3) is 0.0625. The third kappa shape index (κ3) is 3.24. The summed E-state index contributed by atoms with van der Waals surface area (Å²) < 4.78 is 11.2. The molecule has 0 fully saturated rings. The number of allylic oxidation sites excluding steroid dienone is 1. The van der Waals surface area contributed by atoms with E-state index < -0.39 is 4.92 Å². The predicted octanol–water partition coefficient (Wildman–Crippen LogP) is 3.98. The molecule has 2 aromatic carbocycles. The summed E-state index contributed by atoms with van der Waals surface area (Å²) in [6.07, 6.45) is 2.71. The van der Waals surface area contributed by atoms with E-state index in [-0.39, 0.29) is 23.8 Å². The van der Waals surface area contributed by atoms with Crippen LogP contribution >= 0.6 is 15.9 Å². The molecule has 0 aliphatic carbocycles. The lowest BCUT2D eigenvalue weighted by atomic mass is 10.1. The number of rotatable bonds is 4. The molecule has 0 aromatic heterocycles. The van der Waals surface area contributed by atoms with Crippen LogP contribution in [-0.4, -0.2) is 17.5 Å². The van der Waals surface area contributed by atoms with E-state index in [1.165, 1.54) is 24.3 Å². The Balaban J connectivity index is 1.91. The third-order valence-electron chi connectivity index (χ3n) is 3.26. The van der Waals surface area contributed by atoms with Gasteiger partial charge in [0.05, 0.1) is 16.6 Å². The molecule has 0 bridgehead atoms. The Morgan fingerprint density at radius 1 is 1.17 bits per heavy atom. The maximum atomic E-state index is 12.1. The molecule has 0 unspecified atom stereocenters. The highest BCUT2D eigenvalue weighted by molar-refractivity contribution is 9.10. The van der Waals surface area contributed by atoms with Gasteiger partial charge in [-0.15, -0.1) is 0 Å². The maximum absolute atomic E-state index is 12.1. The number of carbonyl (C=O) groups is 1. The van der Waals surface area contributed by atoms with E-state index in [1.54, 1.807) is 24.3 Å². The standard InChI is InChI=1S/C16H10BrNO5/c17-12-4-1-10(2-5-12)14(19)6-3-11-7-15-16(23-9-22-15)8-13(11)18(20)21/h1-8H,9H2/b6-3+. The minimum Gasteiger partial charge on any atom is -0.454 e. The molecule has 23 heavy (non-hydrogen) atoms. The number of nitro benzene ring substituents is 1. The predicted molar refractivity (Wildman–Crippen MR) is 86.7 cm³/mol. The summed E-state index contributed by atoms with van der Waals surface area (Å²) in [7, 11) is 0.